The monoisotopic (exact) mass is 732 g/mol. The summed E-state index contributed by atoms with van der Waals surface area (Å²) in [7, 11) is 0. The van der Waals surface area contributed by atoms with Gasteiger partial charge in [0.2, 0.25) is 0 Å². The zero-order valence-corrected chi connectivity index (χ0v) is 25.5. The Balaban J connectivity index is 0.000000597. The van der Waals surface area contributed by atoms with E-state index in [2.05, 4.69) is 34.6 Å². The molecule has 47 heavy (non-hydrogen) atoms. The fourth-order valence-electron chi connectivity index (χ4n) is 3.16. The average Bonchev–Trinajstić information content (AvgIpc) is 3.21. The second-order valence-corrected chi connectivity index (χ2v) is 8.82. The van der Waals surface area contributed by atoms with Crippen molar-refractivity contribution >= 4 is 0 Å². The van der Waals surface area contributed by atoms with Crippen molar-refractivity contribution in [3.8, 4) is 17.2 Å². The minimum absolute atomic E-state index is 0. The summed E-state index contributed by atoms with van der Waals surface area (Å²) >= 11 is 0. The van der Waals surface area contributed by atoms with Crippen molar-refractivity contribution in [2.24, 2.45) is 0 Å². The average molecular weight is 732 g/mol. The van der Waals surface area contributed by atoms with Crippen LogP contribution in [0.1, 0.15) is 34.6 Å². The molecule has 0 bridgehead atoms. The standard InChI is InChI=1S/C10H15.3C6HF5O.Ti/c1-6-7(2)9(4)10(5)8(6)3;3*7-1-2(8)4(10)6(12)5(11)3(1)9;/h1-5H3;3*12H;/q;;;;+4/p-3. The van der Waals surface area contributed by atoms with Crippen LogP contribution >= 0.6 is 0 Å². The first-order valence-electron chi connectivity index (χ1n) is 11.7. The molecule has 0 aliphatic heterocycles. The molecule has 1 aliphatic carbocycles. The molecule has 0 aromatic heterocycles. The van der Waals surface area contributed by atoms with Gasteiger partial charge in [0.05, 0.1) is 0 Å². The third-order valence-corrected chi connectivity index (χ3v) is 6.32. The van der Waals surface area contributed by atoms with E-state index in [1.807, 2.05) is 0 Å². The largest absolute Gasteiger partial charge is 4.00 e. The van der Waals surface area contributed by atoms with Gasteiger partial charge in [-0.15, -0.1) is 0 Å². The molecule has 253 valence electrons. The molecule has 1 fully saturated rings. The van der Waals surface area contributed by atoms with Crippen molar-refractivity contribution in [3.63, 3.8) is 0 Å². The zero-order chi connectivity index (χ0) is 36.3. The molecule has 0 atom stereocenters. The number of hydrogen-bond acceptors (Lipinski definition) is 3. The Labute approximate surface area is 271 Å². The molecular formula is C28H15F15O3Ti+. The molecule has 0 saturated heterocycles. The Hall–Kier alpha value is -3.28. The van der Waals surface area contributed by atoms with Crippen LogP contribution in [0.15, 0.2) is 0 Å². The molecule has 0 heterocycles. The Morgan fingerprint density at radius 2 is 0.319 bits per heavy atom. The molecule has 4 rings (SSSR count). The van der Waals surface area contributed by atoms with Crippen LogP contribution in [0.2, 0.25) is 0 Å². The van der Waals surface area contributed by atoms with Crippen LogP contribution in [0.5, 0.6) is 17.2 Å². The summed E-state index contributed by atoms with van der Waals surface area (Å²) in [6.45, 7) is 11.0. The van der Waals surface area contributed by atoms with E-state index in [1.54, 1.807) is 0 Å². The summed E-state index contributed by atoms with van der Waals surface area (Å²) < 4.78 is 181. The van der Waals surface area contributed by atoms with Crippen molar-refractivity contribution in [1.82, 2.24) is 0 Å². The van der Waals surface area contributed by atoms with Crippen LogP contribution in [-0.4, -0.2) is 0 Å². The minimum Gasteiger partial charge on any atom is -0.868 e. The summed E-state index contributed by atoms with van der Waals surface area (Å²) in [6, 6.07) is 0. The van der Waals surface area contributed by atoms with E-state index < -0.39 is 105 Å². The molecule has 1 saturated carbocycles. The molecule has 3 nitrogen and oxygen atoms in total. The molecule has 0 unspecified atom stereocenters. The summed E-state index contributed by atoms with van der Waals surface area (Å²) in [5.41, 5.74) is 0. The van der Waals surface area contributed by atoms with Crippen LogP contribution in [0.4, 0.5) is 65.9 Å². The second kappa shape index (κ2) is 17.2. The maximum absolute atomic E-state index is 12.1. The Kier molecular flexibility index (Phi) is 16.0. The van der Waals surface area contributed by atoms with Gasteiger partial charge >= 0.3 is 21.7 Å². The molecule has 1 aliphatic rings. The molecule has 0 spiro atoms. The van der Waals surface area contributed by atoms with Gasteiger partial charge in [-0.2, -0.15) is 0 Å². The molecule has 0 amide bonds. The van der Waals surface area contributed by atoms with E-state index in [9.17, 15) is 81.2 Å². The number of halogens is 15. The second-order valence-electron chi connectivity index (χ2n) is 8.82. The van der Waals surface area contributed by atoms with Crippen molar-refractivity contribution in [1.29, 1.82) is 0 Å². The molecule has 3 aromatic rings. The van der Waals surface area contributed by atoms with Crippen LogP contribution in [0, 0.1) is 117 Å². The van der Waals surface area contributed by atoms with Gasteiger partial charge in [-0.1, -0.05) is 34.6 Å². The van der Waals surface area contributed by atoms with Gasteiger partial charge in [0.15, 0.2) is 87.3 Å². The van der Waals surface area contributed by atoms with Gasteiger partial charge in [-0.05, 0) is 46.8 Å². The predicted octanol–water partition coefficient (Wildman–Crippen LogP) is 7.34. The van der Waals surface area contributed by atoms with Gasteiger partial charge in [0.1, 0.15) is 0 Å². The van der Waals surface area contributed by atoms with Crippen LogP contribution in [0.25, 0.3) is 0 Å². The predicted molar refractivity (Wildman–Crippen MR) is 122 cm³/mol. The molecule has 19 heteroatoms. The van der Waals surface area contributed by atoms with Gasteiger partial charge in [0.25, 0.3) is 0 Å². The van der Waals surface area contributed by atoms with Crippen molar-refractivity contribution in [3.05, 3.63) is 117 Å². The fraction of sp³-hybridized carbons (Fsp3) is 0.179. The van der Waals surface area contributed by atoms with Crippen molar-refractivity contribution in [2.75, 3.05) is 0 Å². The summed E-state index contributed by atoms with van der Waals surface area (Å²) in [4.78, 5) is 0. The van der Waals surface area contributed by atoms with Crippen molar-refractivity contribution < 1.29 is 103 Å². The van der Waals surface area contributed by atoms with Gasteiger partial charge in [-0.25, -0.2) is 65.9 Å². The normalized spacial score (nSPS) is 14.0. The fourth-order valence-corrected chi connectivity index (χ4v) is 3.16. The molecular weight excluding hydrogens is 717 g/mol. The van der Waals surface area contributed by atoms with Crippen LogP contribution in [-0.2, 0) is 21.7 Å². The number of benzene rings is 3. The van der Waals surface area contributed by atoms with E-state index >= 15 is 0 Å². The van der Waals surface area contributed by atoms with Crippen LogP contribution in [0.3, 0.4) is 0 Å². The first-order valence-corrected chi connectivity index (χ1v) is 11.7. The topological polar surface area (TPSA) is 69.2 Å². The van der Waals surface area contributed by atoms with E-state index in [-0.39, 0.29) is 21.7 Å². The van der Waals surface area contributed by atoms with Gasteiger partial charge in [0, 0.05) is 0 Å². The Morgan fingerprint density at radius 3 is 0.426 bits per heavy atom. The third kappa shape index (κ3) is 9.00. The smallest absolute Gasteiger partial charge is 0.868 e. The molecule has 3 aromatic carbocycles. The van der Waals surface area contributed by atoms with Gasteiger partial charge in [-0.3, -0.25) is 0 Å². The van der Waals surface area contributed by atoms with Crippen LogP contribution < -0.4 is 15.3 Å². The molecule has 0 N–H and O–H groups in total. The first-order chi connectivity index (χ1) is 20.9. The summed E-state index contributed by atoms with van der Waals surface area (Å²) in [5, 5.41) is 30.5. The first kappa shape index (κ1) is 43.7. The van der Waals surface area contributed by atoms with E-state index in [4.69, 9.17) is 0 Å². The Bertz CT molecular complexity index is 1070. The maximum atomic E-state index is 12.1. The van der Waals surface area contributed by atoms with Gasteiger partial charge < -0.3 is 15.3 Å². The summed E-state index contributed by atoms with van der Waals surface area (Å²) in [5.74, 6) is -33.4. The maximum Gasteiger partial charge on any atom is 4.00 e. The Morgan fingerprint density at radius 1 is 0.234 bits per heavy atom. The minimum atomic E-state index is -2.33. The number of rotatable bonds is 0. The van der Waals surface area contributed by atoms with E-state index in [1.165, 1.54) is 29.6 Å². The zero-order valence-electron chi connectivity index (χ0n) is 23.9. The third-order valence-electron chi connectivity index (χ3n) is 6.32. The quantitative estimate of drug-likeness (QED) is 0.105. The van der Waals surface area contributed by atoms with Crippen molar-refractivity contribution in [2.45, 2.75) is 34.6 Å². The molecule has 5 radical (unpaired) electrons. The van der Waals surface area contributed by atoms with E-state index in [0.29, 0.717) is 0 Å². The summed E-state index contributed by atoms with van der Waals surface area (Å²) in [6.07, 6.45) is 0. The van der Waals surface area contributed by atoms with E-state index in [0.717, 1.165) is 0 Å². The number of hydrogen-bond donors (Lipinski definition) is 0. The SMILES string of the molecule is C[C]1[C](C)[C](C)[C](C)[C]1C.[O-]c1c(F)c(F)c(F)c(F)c1F.[O-]c1c(F)c(F)c(F)c(F)c1F.[O-]c1c(F)c(F)c(F)c(F)c1F.[Ti+4].